The third-order valence-corrected chi connectivity index (χ3v) is 3.55. The second-order valence-corrected chi connectivity index (χ2v) is 5.00. The lowest BCUT2D eigenvalue weighted by molar-refractivity contribution is -0.135. The molecule has 0 fully saturated rings. The molecular formula is C11H18N2OS. The quantitative estimate of drug-likeness (QED) is 0.793. The molecular weight excluding hydrogens is 208 g/mol. The zero-order valence-electron chi connectivity index (χ0n) is 9.94. The molecule has 0 aliphatic heterocycles. The van der Waals surface area contributed by atoms with Crippen molar-refractivity contribution in [3.63, 3.8) is 0 Å². The molecule has 0 radical (unpaired) electrons. The number of carbonyl (C=O) groups is 1. The van der Waals surface area contributed by atoms with Crippen LogP contribution in [0.4, 0.5) is 0 Å². The molecule has 1 aromatic rings. The fourth-order valence-electron chi connectivity index (χ4n) is 1.33. The lowest BCUT2D eigenvalue weighted by atomic mass is 10.1. The maximum Gasteiger partial charge on any atom is 0.225 e. The van der Waals surface area contributed by atoms with Crippen molar-refractivity contribution < 1.29 is 4.79 Å². The number of thiazole rings is 1. The number of carbonyl (C=O) groups excluding carboxylic acids is 1. The van der Waals surface area contributed by atoms with Crippen LogP contribution >= 0.6 is 11.3 Å². The lowest BCUT2D eigenvalue weighted by Crippen LogP contribution is -2.32. The Kier molecular flexibility index (Phi) is 3.85. The van der Waals surface area contributed by atoms with Gasteiger partial charge in [-0.05, 0) is 13.8 Å². The molecule has 1 atom stereocenters. The van der Waals surface area contributed by atoms with E-state index in [-0.39, 0.29) is 17.9 Å². The number of aromatic nitrogens is 1. The second kappa shape index (κ2) is 4.75. The van der Waals surface area contributed by atoms with Gasteiger partial charge in [0, 0.05) is 24.0 Å². The summed E-state index contributed by atoms with van der Waals surface area (Å²) in [6, 6.07) is 0.0681. The van der Waals surface area contributed by atoms with E-state index >= 15 is 0 Å². The average molecular weight is 226 g/mol. The largest absolute Gasteiger partial charge is 0.336 e. The van der Waals surface area contributed by atoms with Crippen LogP contribution in [0.1, 0.15) is 37.5 Å². The zero-order valence-corrected chi connectivity index (χ0v) is 10.8. The molecule has 0 aliphatic rings. The number of rotatable bonds is 3. The van der Waals surface area contributed by atoms with E-state index in [4.69, 9.17) is 0 Å². The van der Waals surface area contributed by atoms with Gasteiger partial charge in [0.1, 0.15) is 5.01 Å². The van der Waals surface area contributed by atoms with Gasteiger partial charge in [-0.3, -0.25) is 4.79 Å². The monoisotopic (exact) mass is 226 g/mol. The van der Waals surface area contributed by atoms with Crippen molar-refractivity contribution in [1.29, 1.82) is 0 Å². The standard InChI is InChI=1S/C11H18N2OS/c1-7(2)11(14)13(5)9(4)10-12-8(3)6-15-10/h6-7,9H,1-5H3. The average Bonchev–Trinajstić information content (AvgIpc) is 2.61. The molecule has 0 bridgehead atoms. The summed E-state index contributed by atoms with van der Waals surface area (Å²) < 4.78 is 0. The Morgan fingerprint density at radius 1 is 1.47 bits per heavy atom. The second-order valence-electron chi connectivity index (χ2n) is 4.11. The molecule has 1 unspecified atom stereocenters. The highest BCUT2D eigenvalue weighted by Crippen LogP contribution is 2.23. The van der Waals surface area contributed by atoms with Crippen LogP contribution in [0.15, 0.2) is 5.38 Å². The molecule has 0 aliphatic carbocycles. The first-order chi connectivity index (χ1) is 6.93. The lowest BCUT2D eigenvalue weighted by Gasteiger charge is -2.25. The number of amides is 1. The van der Waals surface area contributed by atoms with Gasteiger partial charge in [-0.15, -0.1) is 11.3 Å². The number of nitrogens with zero attached hydrogens (tertiary/aromatic N) is 2. The third-order valence-electron chi connectivity index (χ3n) is 2.42. The minimum atomic E-state index is 0.0403. The Morgan fingerprint density at radius 3 is 2.47 bits per heavy atom. The minimum absolute atomic E-state index is 0.0403. The van der Waals surface area contributed by atoms with Crippen LogP contribution in [-0.2, 0) is 4.79 Å². The van der Waals surface area contributed by atoms with Crippen LogP contribution in [0.3, 0.4) is 0 Å². The SMILES string of the molecule is Cc1csc(C(C)N(C)C(=O)C(C)C)n1. The predicted octanol–water partition coefficient (Wildman–Crippen LogP) is 2.63. The van der Waals surface area contributed by atoms with Gasteiger partial charge in [0.15, 0.2) is 0 Å². The van der Waals surface area contributed by atoms with Crippen LogP contribution in [-0.4, -0.2) is 22.8 Å². The first-order valence-electron chi connectivity index (χ1n) is 5.12. The molecule has 1 heterocycles. The summed E-state index contributed by atoms with van der Waals surface area (Å²) in [4.78, 5) is 17.9. The Morgan fingerprint density at radius 2 is 2.07 bits per heavy atom. The van der Waals surface area contributed by atoms with Gasteiger partial charge in [0.25, 0.3) is 0 Å². The van der Waals surface area contributed by atoms with Crippen molar-refractivity contribution in [1.82, 2.24) is 9.88 Å². The molecule has 3 nitrogen and oxygen atoms in total. The summed E-state index contributed by atoms with van der Waals surface area (Å²) in [7, 11) is 1.84. The van der Waals surface area contributed by atoms with Crippen LogP contribution in [0.5, 0.6) is 0 Å². The van der Waals surface area contributed by atoms with Gasteiger partial charge in [0.2, 0.25) is 5.91 Å². The van der Waals surface area contributed by atoms with E-state index < -0.39 is 0 Å². The van der Waals surface area contributed by atoms with E-state index in [0.29, 0.717) is 0 Å². The normalized spacial score (nSPS) is 12.9. The summed E-state index contributed by atoms with van der Waals surface area (Å²) >= 11 is 1.61. The Bertz CT molecular complexity index is 346. The van der Waals surface area contributed by atoms with Gasteiger partial charge >= 0.3 is 0 Å². The van der Waals surface area contributed by atoms with E-state index in [1.165, 1.54) is 0 Å². The number of aryl methyl sites for hydroxylation is 1. The van der Waals surface area contributed by atoms with Crippen LogP contribution < -0.4 is 0 Å². The summed E-state index contributed by atoms with van der Waals surface area (Å²) in [5.41, 5.74) is 1.02. The molecule has 0 saturated heterocycles. The molecule has 0 aromatic carbocycles. The molecule has 1 rings (SSSR count). The third kappa shape index (κ3) is 2.78. The van der Waals surface area contributed by atoms with Crippen LogP contribution in [0, 0.1) is 12.8 Å². The van der Waals surface area contributed by atoms with Crippen molar-refractivity contribution in [3.05, 3.63) is 16.1 Å². The molecule has 0 saturated carbocycles. The fourth-order valence-corrected chi connectivity index (χ4v) is 2.22. The first kappa shape index (κ1) is 12.2. The van der Waals surface area contributed by atoms with Gasteiger partial charge in [0.05, 0.1) is 6.04 Å². The van der Waals surface area contributed by atoms with E-state index in [0.717, 1.165) is 10.7 Å². The van der Waals surface area contributed by atoms with E-state index in [2.05, 4.69) is 4.98 Å². The van der Waals surface area contributed by atoms with Gasteiger partial charge < -0.3 is 4.90 Å². The molecule has 1 amide bonds. The van der Waals surface area contributed by atoms with Crippen molar-refractivity contribution in [2.45, 2.75) is 33.7 Å². The summed E-state index contributed by atoms with van der Waals surface area (Å²) in [6.07, 6.45) is 0. The number of hydrogen-bond donors (Lipinski definition) is 0. The highest BCUT2D eigenvalue weighted by molar-refractivity contribution is 7.09. The van der Waals surface area contributed by atoms with E-state index in [9.17, 15) is 4.79 Å². The molecule has 0 spiro atoms. The molecule has 15 heavy (non-hydrogen) atoms. The van der Waals surface area contributed by atoms with E-state index in [1.54, 1.807) is 16.2 Å². The minimum Gasteiger partial charge on any atom is -0.336 e. The van der Waals surface area contributed by atoms with Gasteiger partial charge in [-0.1, -0.05) is 13.8 Å². The Labute approximate surface area is 95.1 Å². The van der Waals surface area contributed by atoms with Gasteiger partial charge in [-0.2, -0.15) is 0 Å². The summed E-state index contributed by atoms with van der Waals surface area (Å²) in [5, 5.41) is 3.02. The molecule has 4 heteroatoms. The summed E-state index contributed by atoms with van der Waals surface area (Å²) in [6.45, 7) is 7.81. The van der Waals surface area contributed by atoms with Crippen molar-refractivity contribution in [2.24, 2.45) is 5.92 Å². The van der Waals surface area contributed by atoms with Crippen LogP contribution in [0.2, 0.25) is 0 Å². The zero-order chi connectivity index (χ0) is 11.6. The number of hydrogen-bond acceptors (Lipinski definition) is 3. The Hall–Kier alpha value is -0.900. The van der Waals surface area contributed by atoms with Crippen molar-refractivity contribution in [2.75, 3.05) is 7.05 Å². The van der Waals surface area contributed by atoms with Crippen molar-refractivity contribution in [3.8, 4) is 0 Å². The highest BCUT2D eigenvalue weighted by atomic mass is 32.1. The summed E-state index contributed by atoms with van der Waals surface area (Å²) in [5.74, 6) is 0.203. The molecule has 84 valence electrons. The Balaban J connectivity index is 2.76. The van der Waals surface area contributed by atoms with E-state index in [1.807, 2.05) is 40.1 Å². The maximum absolute atomic E-state index is 11.8. The maximum atomic E-state index is 11.8. The smallest absolute Gasteiger partial charge is 0.225 e. The predicted molar refractivity (Wildman–Crippen MR) is 62.9 cm³/mol. The van der Waals surface area contributed by atoms with Gasteiger partial charge in [-0.25, -0.2) is 4.98 Å². The first-order valence-corrected chi connectivity index (χ1v) is 6.00. The fraction of sp³-hybridized carbons (Fsp3) is 0.636. The molecule has 1 aromatic heterocycles. The molecule has 0 N–H and O–H groups in total. The van der Waals surface area contributed by atoms with Crippen molar-refractivity contribution >= 4 is 17.2 Å². The van der Waals surface area contributed by atoms with Crippen LogP contribution in [0.25, 0.3) is 0 Å². The highest BCUT2D eigenvalue weighted by Gasteiger charge is 2.21. The topological polar surface area (TPSA) is 33.2 Å².